The van der Waals surface area contributed by atoms with Crippen LogP contribution in [0.2, 0.25) is 0 Å². The van der Waals surface area contributed by atoms with Crippen molar-refractivity contribution in [3.8, 4) is 0 Å². The third-order valence-corrected chi connectivity index (χ3v) is 3.13. The summed E-state index contributed by atoms with van der Waals surface area (Å²) in [6.07, 6.45) is 3.72. The molecule has 2 N–H and O–H groups in total. The average Bonchev–Trinajstić information content (AvgIpc) is 2.72. The zero-order valence-corrected chi connectivity index (χ0v) is 12.1. The first-order chi connectivity index (χ1) is 8.43. The molecular weight excluding hydrogens is 228 g/mol. The summed E-state index contributed by atoms with van der Waals surface area (Å²) in [6, 6.07) is 0. The highest BCUT2D eigenvalue weighted by Crippen LogP contribution is 2.25. The molecule has 0 spiro atoms. The molecule has 5 nitrogen and oxygen atoms in total. The molecule has 18 heavy (non-hydrogen) atoms. The lowest BCUT2D eigenvalue weighted by molar-refractivity contribution is 0.288. The smallest absolute Gasteiger partial charge is 0.226 e. The molecule has 5 heteroatoms. The molecule has 1 aromatic heterocycles. The van der Waals surface area contributed by atoms with Gasteiger partial charge in [-0.25, -0.2) is 0 Å². The number of hydrogen-bond donors (Lipinski definition) is 1. The number of nitrogens with two attached hydrogens (primary N) is 1. The van der Waals surface area contributed by atoms with Crippen LogP contribution in [0.15, 0.2) is 4.52 Å². The fraction of sp³-hybridized carbons (Fsp3) is 0.846. The quantitative estimate of drug-likeness (QED) is 0.761. The molecule has 0 aromatic carbocycles. The number of aromatic nitrogens is 2. The van der Waals surface area contributed by atoms with Gasteiger partial charge in [-0.15, -0.1) is 0 Å². The van der Waals surface area contributed by atoms with Crippen LogP contribution in [0.3, 0.4) is 0 Å². The summed E-state index contributed by atoms with van der Waals surface area (Å²) in [4.78, 5) is 6.52. The average molecular weight is 254 g/mol. The molecule has 0 amide bonds. The molecule has 1 rings (SSSR count). The SMILES string of the molecule is CN(C)CCc1noc(CCC(C)(C)CCN)n1. The highest BCUT2D eigenvalue weighted by molar-refractivity contribution is 4.88. The van der Waals surface area contributed by atoms with Crippen LogP contribution in [-0.2, 0) is 12.8 Å². The Kier molecular flexibility index (Phi) is 5.75. The van der Waals surface area contributed by atoms with Crippen LogP contribution in [0.25, 0.3) is 0 Å². The summed E-state index contributed by atoms with van der Waals surface area (Å²) in [5.41, 5.74) is 5.84. The van der Waals surface area contributed by atoms with Gasteiger partial charge < -0.3 is 15.2 Å². The lowest BCUT2D eigenvalue weighted by Gasteiger charge is -2.22. The molecule has 0 fully saturated rings. The molecule has 0 saturated carbocycles. The van der Waals surface area contributed by atoms with Gasteiger partial charge in [-0.2, -0.15) is 4.98 Å². The van der Waals surface area contributed by atoms with E-state index in [-0.39, 0.29) is 5.41 Å². The third-order valence-electron chi connectivity index (χ3n) is 3.13. The first kappa shape index (κ1) is 15.1. The van der Waals surface area contributed by atoms with Crippen molar-refractivity contribution in [1.29, 1.82) is 0 Å². The van der Waals surface area contributed by atoms with E-state index in [1.807, 2.05) is 14.1 Å². The fourth-order valence-corrected chi connectivity index (χ4v) is 1.78. The number of nitrogens with zero attached hydrogens (tertiary/aromatic N) is 3. The van der Waals surface area contributed by atoms with Crippen LogP contribution in [-0.4, -0.2) is 42.2 Å². The minimum absolute atomic E-state index is 0.243. The van der Waals surface area contributed by atoms with E-state index in [4.69, 9.17) is 10.3 Å². The highest BCUT2D eigenvalue weighted by atomic mass is 16.5. The maximum absolute atomic E-state index is 5.60. The number of likely N-dealkylation sites (N-methyl/N-ethyl adjacent to an activating group) is 1. The molecule has 0 aliphatic carbocycles. The van der Waals surface area contributed by atoms with Crippen molar-refractivity contribution in [3.05, 3.63) is 11.7 Å². The van der Waals surface area contributed by atoms with Gasteiger partial charge >= 0.3 is 0 Å². The lowest BCUT2D eigenvalue weighted by Crippen LogP contribution is -2.18. The van der Waals surface area contributed by atoms with Gasteiger partial charge in [-0.05, 0) is 38.9 Å². The van der Waals surface area contributed by atoms with E-state index < -0.39 is 0 Å². The van der Waals surface area contributed by atoms with Gasteiger partial charge in [-0.1, -0.05) is 19.0 Å². The Balaban J connectivity index is 2.39. The van der Waals surface area contributed by atoms with Crippen LogP contribution in [0, 0.1) is 5.41 Å². The zero-order valence-electron chi connectivity index (χ0n) is 12.1. The summed E-state index contributed by atoms with van der Waals surface area (Å²) in [5.74, 6) is 1.55. The van der Waals surface area contributed by atoms with Crippen molar-refractivity contribution in [2.24, 2.45) is 11.1 Å². The van der Waals surface area contributed by atoms with Gasteiger partial charge in [-0.3, -0.25) is 0 Å². The second-order valence-corrected chi connectivity index (χ2v) is 5.86. The monoisotopic (exact) mass is 254 g/mol. The van der Waals surface area contributed by atoms with E-state index in [1.54, 1.807) is 0 Å². The zero-order chi connectivity index (χ0) is 13.6. The van der Waals surface area contributed by atoms with Crippen molar-refractivity contribution in [1.82, 2.24) is 15.0 Å². The van der Waals surface area contributed by atoms with E-state index in [0.29, 0.717) is 0 Å². The molecule has 0 radical (unpaired) electrons. The minimum Gasteiger partial charge on any atom is -0.339 e. The van der Waals surface area contributed by atoms with Crippen molar-refractivity contribution < 1.29 is 4.52 Å². The summed E-state index contributed by atoms with van der Waals surface area (Å²) in [5, 5.41) is 4.00. The van der Waals surface area contributed by atoms with Gasteiger partial charge in [0.05, 0.1) is 0 Å². The number of hydrogen-bond acceptors (Lipinski definition) is 5. The first-order valence-electron chi connectivity index (χ1n) is 6.59. The largest absolute Gasteiger partial charge is 0.339 e. The maximum Gasteiger partial charge on any atom is 0.226 e. The fourth-order valence-electron chi connectivity index (χ4n) is 1.78. The van der Waals surface area contributed by atoms with Crippen molar-refractivity contribution >= 4 is 0 Å². The predicted octanol–water partition coefficient (Wildman–Crippen LogP) is 1.48. The Morgan fingerprint density at radius 2 is 1.94 bits per heavy atom. The van der Waals surface area contributed by atoms with Crippen LogP contribution >= 0.6 is 0 Å². The molecule has 0 atom stereocenters. The predicted molar refractivity (Wildman–Crippen MR) is 72.3 cm³/mol. The van der Waals surface area contributed by atoms with Crippen LogP contribution in [0.4, 0.5) is 0 Å². The Hall–Kier alpha value is -0.940. The standard InChI is InChI=1S/C13H26N4O/c1-13(2,8-9-14)7-5-12-15-11(16-18-12)6-10-17(3)4/h5-10,14H2,1-4H3. The second kappa shape index (κ2) is 6.85. The van der Waals surface area contributed by atoms with Crippen LogP contribution in [0.1, 0.15) is 38.4 Å². The molecular formula is C13H26N4O. The van der Waals surface area contributed by atoms with Gasteiger partial charge in [0.1, 0.15) is 0 Å². The molecule has 1 aromatic rings. The van der Waals surface area contributed by atoms with Crippen LogP contribution < -0.4 is 5.73 Å². The topological polar surface area (TPSA) is 68.2 Å². The molecule has 0 aliphatic heterocycles. The number of rotatable bonds is 8. The Morgan fingerprint density at radius 3 is 2.56 bits per heavy atom. The minimum atomic E-state index is 0.243. The van der Waals surface area contributed by atoms with Crippen molar-refractivity contribution in [3.63, 3.8) is 0 Å². The summed E-state index contributed by atoms with van der Waals surface area (Å²) in [7, 11) is 4.08. The lowest BCUT2D eigenvalue weighted by atomic mass is 9.84. The highest BCUT2D eigenvalue weighted by Gasteiger charge is 2.18. The molecule has 104 valence electrons. The normalized spacial score (nSPS) is 12.3. The Labute approximate surface area is 110 Å². The first-order valence-corrected chi connectivity index (χ1v) is 6.59. The van der Waals surface area contributed by atoms with Gasteiger partial charge in [0.25, 0.3) is 0 Å². The third kappa shape index (κ3) is 5.60. The molecule has 0 saturated heterocycles. The molecule has 0 bridgehead atoms. The van der Waals surface area contributed by atoms with E-state index in [1.165, 1.54) is 0 Å². The summed E-state index contributed by atoms with van der Waals surface area (Å²) in [6.45, 7) is 6.12. The van der Waals surface area contributed by atoms with Gasteiger partial charge in [0.15, 0.2) is 5.82 Å². The van der Waals surface area contributed by atoms with E-state index in [0.717, 1.165) is 50.5 Å². The molecule has 0 aliphatic rings. The van der Waals surface area contributed by atoms with Crippen molar-refractivity contribution in [2.45, 2.75) is 39.5 Å². The summed E-state index contributed by atoms with van der Waals surface area (Å²) < 4.78 is 5.26. The van der Waals surface area contributed by atoms with E-state index in [9.17, 15) is 0 Å². The summed E-state index contributed by atoms with van der Waals surface area (Å²) >= 11 is 0. The van der Waals surface area contributed by atoms with Gasteiger partial charge in [0.2, 0.25) is 5.89 Å². The molecule has 0 unspecified atom stereocenters. The number of aryl methyl sites for hydroxylation is 1. The maximum atomic E-state index is 5.60. The van der Waals surface area contributed by atoms with E-state index >= 15 is 0 Å². The van der Waals surface area contributed by atoms with Gasteiger partial charge in [0, 0.05) is 19.4 Å². The Bertz CT molecular complexity index is 347. The van der Waals surface area contributed by atoms with Crippen molar-refractivity contribution in [2.75, 3.05) is 27.2 Å². The molecule has 1 heterocycles. The van der Waals surface area contributed by atoms with Crippen LogP contribution in [0.5, 0.6) is 0 Å². The Morgan fingerprint density at radius 1 is 1.22 bits per heavy atom. The second-order valence-electron chi connectivity index (χ2n) is 5.86. The van der Waals surface area contributed by atoms with E-state index in [2.05, 4.69) is 28.9 Å².